The molecule has 2 aromatic rings. The molecule has 2 aromatic carbocycles. The fraction of sp³-hybridized carbons (Fsp3) is 0.368. The minimum absolute atomic E-state index is 0.647. The van der Waals surface area contributed by atoms with E-state index in [1.807, 2.05) is 12.1 Å². The highest BCUT2D eigenvalue weighted by Gasteiger charge is 2.32. The van der Waals surface area contributed by atoms with Crippen molar-refractivity contribution < 1.29 is 0 Å². The van der Waals surface area contributed by atoms with E-state index in [1.54, 1.807) is 0 Å². The first kappa shape index (κ1) is 14.0. The molecule has 0 aliphatic heterocycles. The van der Waals surface area contributed by atoms with Crippen LogP contribution in [0, 0.1) is 5.92 Å². The quantitative estimate of drug-likeness (QED) is 0.797. The topological polar surface area (TPSA) is 38.0 Å². The molecule has 21 heavy (non-hydrogen) atoms. The van der Waals surface area contributed by atoms with Crippen LogP contribution in [0.5, 0.6) is 0 Å². The maximum absolute atomic E-state index is 5.72. The Morgan fingerprint density at radius 3 is 2.29 bits per heavy atom. The Hall–Kier alpha value is -1.96. The molecular weight excluding hydrogens is 256 g/mol. The summed E-state index contributed by atoms with van der Waals surface area (Å²) in [6.07, 6.45) is 0. The van der Waals surface area contributed by atoms with E-state index in [1.165, 1.54) is 22.4 Å². The lowest BCUT2D eigenvalue weighted by Crippen LogP contribution is -2.02. The second kappa shape index (κ2) is 5.44. The lowest BCUT2D eigenvalue weighted by molar-refractivity contribution is 0.464. The minimum Gasteiger partial charge on any atom is -0.399 e. The number of hydrogen-bond acceptors (Lipinski definition) is 2. The molecule has 3 unspecified atom stereocenters. The number of nitrogen functional groups attached to an aromatic ring is 1. The molecule has 1 aliphatic rings. The summed E-state index contributed by atoms with van der Waals surface area (Å²) in [6, 6.07) is 14.9. The van der Waals surface area contributed by atoms with Crippen LogP contribution in [0.2, 0.25) is 0 Å². The molecule has 3 rings (SSSR count). The van der Waals surface area contributed by atoms with Gasteiger partial charge < -0.3 is 11.1 Å². The van der Waals surface area contributed by atoms with Gasteiger partial charge in [-0.15, -0.1) is 0 Å². The van der Waals surface area contributed by atoms with E-state index in [0.717, 1.165) is 18.2 Å². The molecule has 0 heterocycles. The molecule has 0 amide bonds. The number of anilines is 2. The predicted molar refractivity (Wildman–Crippen MR) is 90.6 cm³/mol. The molecule has 3 atom stereocenters. The zero-order valence-electron chi connectivity index (χ0n) is 13.1. The first-order valence-corrected chi connectivity index (χ1v) is 7.78. The zero-order chi connectivity index (χ0) is 15.0. The lowest BCUT2D eigenvalue weighted by atomic mass is 9.91. The van der Waals surface area contributed by atoms with Gasteiger partial charge in [0.2, 0.25) is 0 Å². The lowest BCUT2D eigenvalue weighted by Gasteiger charge is -2.13. The Morgan fingerprint density at radius 1 is 0.905 bits per heavy atom. The zero-order valence-corrected chi connectivity index (χ0v) is 13.1. The van der Waals surface area contributed by atoms with Gasteiger partial charge in [0.15, 0.2) is 0 Å². The maximum atomic E-state index is 5.72. The monoisotopic (exact) mass is 280 g/mol. The van der Waals surface area contributed by atoms with Gasteiger partial charge in [0.25, 0.3) is 0 Å². The summed E-state index contributed by atoms with van der Waals surface area (Å²) in [5, 5.41) is 3.52. The van der Waals surface area contributed by atoms with Gasteiger partial charge in [0.05, 0.1) is 0 Å². The van der Waals surface area contributed by atoms with Gasteiger partial charge in [-0.25, -0.2) is 0 Å². The second-order valence-corrected chi connectivity index (χ2v) is 6.38. The van der Waals surface area contributed by atoms with E-state index < -0.39 is 0 Å². The van der Waals surface area contributed by atoms with Gasteiger partial charge in [0, 0.05) is 17.9 Å². The van der Waals surface area contributed by atoms with Crippen molar-refractivity contribution in [3.05, 3.63) is 59.2 Å². The van der Waals surface area contributed by atoms with E-state index in [4.69, 9.17) is 5.73 Å². The first-order chi connectivity index (χ1) is 10.1. The third-order valence-corrected chi connectivity index (χ3v) is 5.12. The summed E-state index contributed by atoms with van der Waals surface area (Å²) in [7, 11) is 0. The van der Waals surface area contributed by atoms with Crippen molar-refractivity contribution in [2.45, 2.75) is 39.2 Å². The summed E-state index contributed by atoms with van der Waals surface area (Å²) in [4.78, 5) is 0. The van der Waals surface area contributed by atoms with E-state index >= 15 is 0 Å². The van der Waals surface area contributed by atoms with Crippen LogP contribution >= 0.6 is 0 Å². The minimum atomic E-state index is 0.647. The Bertz CT molecular complexity index is 631. The molecule has 0 radical (unpaired) electrons. The Kier molecular flexibility index (Phi) is 3.62. The van der Waals surface area contributed by atoms with Crippen molar-refractivity contribution in [2.24, 2.45) is 5.92 Å². The highest BCUT2D eigenvalue weighted by atomic mass is 14.9. The van der Waals surface area contributed by atoms with Crippen molar-refractivity contribution in [1.29, 1.82) is 0 Å². The maximum Gasteiger partial charge on any atom is 0.0400 e. The summed E-state index contributed by atoms with van der Waals surface area (Å²) in [5.74, 6) is 2.04. The average molecular weight is 280 g/mol. The number of benzene rings is 2. The second-order valence-electron chi connectivity index (χ2n) is 6.38. The normalized spacial score (nSPS) is 23.9. The van der Waals surface area contributed by atoms with Crippen LogP contribution in [-0.4, -0.2) is 0 Å². The number of nitrogens with one attached hydrogen (secondary N) is 1. The highest BCUT2D eigenvalue weighted by molar-refractivity contribution is 5.53. The number of fused-ring (bicyclic) bond motifs is 1. The smallest absolute Gasteiger partial charge is 0.0400 e. The largest absolute Gasteiger partial charge is 0.399 e. The number of hydrogen-bond donors (Lipinski definition) is 2. The van der Waals surface area contributed by atoms with Gasteiger partial charge in [-0.3, -0.25) is 0 Å². The van der Waals surface area contributed by atoms with Crippen LogP contribution in [0.4, 0.5) is 11.4 Å². The van der Waals surface area contributed by atoms with Gasteiger partial charge >= 0.3 is 0 Å². The van der Waals surface area contributed by atoms with E-state index in [-0.39, 0.29) is 0 Å². The summed E-state index contributed by atoms with van der Waals surface area (Å²) in [6.45, 7) is 7.88. The fourth-order valence-corrected chi connectivity index (χ4v) is 3.33. The number of nitrogens with two attached hydrogens (primary N) is 1. The van der Waals surface area contributed by atoms with Crippen LogP contribution in [0.25, 0.3) is 0 Å². The van der Waals surface area contributed by atoms with Gasteiger partial charge in [-0.1, -0.05) is 39.0 Å². The van der Waals surface area contributed by atoms with Gasteiger partial charge in [-0.05, 0) is 58.7 Å². The Balaban J connectivity index is 1.75. The van der Waals surface area contributed by atoms with E-state index in [2.05, 4.69) is 56.4 Å². The predicted octanol–water partition coefficient (Wildman–Crippen LogP) is 4.74. The van der Waals surface area contributed by atoms with Gasteiger partial charge in [0.1, 0.15) is 0 Å². The van der Waals surface area contributed by atoms with Crippen LogP contribution in [-0.2, 0) is 6.54 Å². The molecule has 0 fully saturated rings. The van der Waals surface area contributed by atoms with E-state index in [9.17, 15) is 0 Å². The standard InChI is InChI=1S/C19H24N2/c1-12-13(2)18-9-8-17(10-19(18)14(12)3)21-11-15-4-6-16(20)7-5-15/h4-10,12-14,21H,11,20H2,1-3H3. The molecular formula is C19H24N2. The van der Waals surface area contributed by atoms with Crippen LogP contribution in [0.3, 0.4) is 0 Å². The van der Waals surface area contributed by atoms with E-state index in [0.29, 0.717) is 11.8 Å². The number of rotatable bonds is 3. The first-order valence-electron chi connectivity index (χ1n) is 7.78. The van der Waals surface area contributed by atoms with Crippen molar-refractivity contribution in [1.82, 2.24) is 0 Å². The van der Waals surface area contributed by atoms with Crippen molar-refractivity contribution in [2.75, 3.05) is 11.1 Å². The summed E-state index contributed by atoms with van der Waals surface area (Å²) >= 11 is 0. The molecule has 0 saturated carbocycles. The third-order valence-electron chi connectivity index (χ3n) is 5.12. The molecule has 0 saturated heterocycles. The summed E-state index contributed by atoms with van der Waals surface area (Å²) in [5.41, 5.74) is 12.0. The van der Waals surface area contributed by atoms with Crippen molar-refractivity contribution in [3.63, 3.8) is 0 Å². The fourth-order valence-electron chi connectivity index (χ4n) is 3.33. The molecule has 3 N–H and O–H groups in total. The van der Waals surface area contributed by atoms with Crippen LogP contribution in [0.1, 0.15) is 49.3 Å². The molecule has 0 bridgehead atoms. The highest BCUT2D eigenvalue weighted by Crippen LogP contribution is 2.46. The third kappa shape index (κ3) is 2.63. The SMILES string of the molecule is CC1c2ccc(NCc3ccc(N)cc3)cc2C(C)C1C. The Morgan fingerprint density at radius 2 is 1.57 bits per heavy atom. The molecule has 2 nitrogen and oxygen atoms in total. The Labute approximate surface area is 127 Å². The summed E-state index contributed by atoms with van der Waals surface area (Å²) < 4.78 is 0. The molecule has 1 aliphatic carbocycles. The van der Waals surface area contributed by atoms with Gasteiger partial charge in [-0.2, -0.15) is 0 Å². The molecule has 2 heteroatoms. The molecule has 110 valence electrons. The van der Waals surface area contributed by atoms with Crippen LogP contribution in [0.15, 0.2) is 42.5 Å². The molecule has 0 aromatic heterocycles. The van der Waals surface area contributed by atoms with Crippen molar-refractivity contribution >= 4 is 11.4 Å². The van der Waals surface area contributed by atoms with Crippen molar-refractivity contribution in [3.8, 4) is 0 Å². The van der Waals surface area contributed by atoms with Crippen LogP contribution < -0.4 is 11.1 Å². The average Bonchev–Trinajstić information content (AvgIpc) is 2.71. The molecule has 0 spiro atoms.